The molecule has 1 aliphatic rings. The molecular formula is C20H17ClF3N3O2. The normalized spacial score (nSPS) is 13.2. The molecule has 1 aromatic heterocycles. The second-order valence-electron chi connectivity index (χ2n) is 6.50. The Kier molecular flexibility index (Phi) is 4.82. The van der Waals surface area contributed by atoms with Gasteiger partial charge in [0.05, 0.1) is 36.2 Å². The third-order valence-corrected chi connectivity index (χ3v) is 5.13. The maximum atomic E-state index is 13.2. The molecule has 5 nitrogen and oxygen atoms in total. The molecule has 152 valence electrons. The summed E-state index contributed by atoms with van der Waals surface area (Å²) >= 11 is 6.23. The Bertz CT molecular complexity index is 1080. The number of alkyl halides is 3. The Morgan fingerprint density at radius 1 is 1.07 bits per heavy atom. The predicted molar refractivity (Wildman–Crippen MR) is 104 cm³/mol. The summed E-state index contributed by atoms with van der Waals surface area (Å²) < 4.78 is 51.7. The lowest BCUT2D eigenvalue weighted by Gasteiger charge is -2.12. The lowest BCUT2D eigenvalue weighted by atomic mass is 10.1. The number of halogens is 4. The molecule has 4 rings (SSSR count). The van der Waals surface area contributed by atoms with E-state index in [1.165, 1.54) is 17.9 Å². The van der Waals surface area contributed by atoms with Crippen LogP contribution in [0, 0.1) is 0 Å². The summed E-state index contributed by atoms with van der Waals surface area (Å²) in [6.07, 6.45) is -3.79. The number of benzene rings is 2. The van der Waals surface area contributed by atoms with Gasteiger partial charge in [-0.05, 0) is 42.8 Å². The van der Waals surface area contributed by atoms with Crippen molar-refractivity contribution in [3.05, 3.63) is 52.5 Å². The molecule has 2 heterocycles. The van der Waals surface area contributed by atoms with E-state index in [0.29, 0.717) is 36.0 Å². The molecule has 0 radical (unpaired) electrons. The van der Waals surface area contributed by atoms with Crippen LogP contribution >= 0.6 is 11.6 Å². The van der Waals surface area contributed by atoms with Crippen LogP contribution in [0.1, 0.15) is 11.1 Å². The monoisotopic (exact) mass is 423 g/mol. The molecule has 3 aromatic rings. The summed E-state index contributed by atoms with van der Waals surface area (Å²) in [4.78, 5) is 0. The fourth-order valence-corrected chi connectivity index (χ4v) is 3.61. The number of nitrogens with zero attached hydrogens (tertiary/aromatic N) is 2. The largest absolute Gasteiger partial charge is 0.493 e. The molecule has 0 aliphatic carbocycles. The fraction of sp³-hybridized carbons (Fsp3) is 0.250. The van der Waals surface area contributed by atoms with Gasteiger partial charge < -0.3 is 14.8 Å². The molecule has 0 spiro atoms. The van der Waals surface area contributed by atoms with E-state index in [9.17, 15) is 13.2 Å². The first-order chi connectivity index (χ1) is 13.8. The van der Waals surface area contributed by atoms with E-state index in [1.807, 2.05) is 6.07 Å². The van der Waals surface area contributed by atoms with E-state index in [-0.39, 0.29) is 10.7 Å². The number of aromatic nitrogens is 2. The second kappa shape index (κ2) is 7.18. The number of hydrogen-bond acceptors (Lipinski definition) is 4. The molecule has 0 atom stereocenters. The third-order valence-electron chi connectivity index (χ3n) is 4.81. The Balaban J connectivity index is 1.88. The van der Waals surface area contributed by atoms with Crippen molar-refractivity contribution in [1.29, 1.82) is 0 Å². The maximum Gasteiger partial charge on any atom is 0.416 e. The first-order valence-corrected chi connectivity index (χ1v) is 9.16. The average Bonchev–Trinajstić information content (AvgIpc) is 3.30. The summed E-state index contributed by atoms with van der Waals surface area (Å²) in [7, 11) is 3.08. The van der Waals surface area contributed by atoms with Gasteiger partial charge >= 0.3 is 6.18 Å². The van der Waals surface area contributed by atoms with Crippen LogP contribution in [-0.2, 0) is 12.6 Å². The number of fused-ring (bicyclic) bond motifs is 1. The third kappa shape index (κ3) is 3.37. The second-order valence-corrected chi connectivity index (χ2v) is 6.91. The molecule has 29 heavy (non-hydrogen) atoms. The van der Waals surface area contributed by atoms with Crippen LogP contribution < -0.4 is 14.8 Å². The average molecular weight is 424 g/mol. The highest BCUT2D eigenvalue weighted by Crippen LogP contribution is 2.40. The van der Waals surface area contributed by atoms with Gasteiger partial charge in [-0.15, -0.1) is 0 Å². The summed E-state index contributed by atoms with van der Waals surface area (Å²) in [5, 5.41) is 7.97. The van der Waals surface area contributed by atoms with Crippen LogP contribution in [0.2, 0.25) is 5.02 Å². The van der Waals surface area contributed by atoms with Crippen molar-refractivity contribution in [3.8, 4) is 28.4 Å². The molecule has 1 aliphatic heterocycles. The van der Waals surface area contributed by atoms with Gasteiger partial charge in [0.25, 0.3) is 0 Å². The predicted octanol–water partition coefficient (Wildman–Crippen LogP) is 5.20. The summed E-state index contributed by atoms with van der Waals surface area (Å²) in [5.74, 6) is 1.75. The van der Waals surface area contributed by atoms with Gasteiger partial charge in [-0.2, -0.15) is 18.3 Å². The summed E-state index contributed by atoms with van der Waals surface area (Å²) in [6, 6.07) is 8.59. The van der Waals surface area contributed by atoms with Crippen molar-refractivity contribution in [2.45, 2.75) is 12.6 Å². The van der Waals surface area contributed by atoms with Crippen LogP contribution in [0.3, 0.4) is 0 Å². The zero-order valence-electron chi connectivity index (χ0n) is 15.6. The number of rotatable bonds is 4. The van der Waals surface area contributed by atoms with Gasteiger partial charge in [0.15, 0.2) is 11.5 Å². The number of anilines is 1. The Morgan fingerprint density at radius 3 is 2.52 bits per heavy atom. The highest BCUT2D eigenvalue weighted by Gasteiger charge is 2.32. The van der Waals surface area contributed by atoms with Crippen LogP contribution in [0.15, 0.2) is 36.4 Å². The highest BCUT2D eigenvalue weighted by atomic mass is 35.5. The van der Waals surface area contributed by atoms with Crippen molar-refractivity contribution in [2.75, 3.05) is 26.1 Å². The molecule has 0 saturated heterocycles. The summed E-state index contributed by atoms with van der Waals surface area (Å²) in [6.45, 7) is 0.657. The van der Waals surface area contributed by atoms with Crippen LogP contribution in [0.5, 0.6) is 11.5 Å². The highest BCUT2D eigenvalue weighted by molar-refractivity contribution is 6.32. The van der Waals surface area contributed by atoms with E-state index >= 15 is 0 Å². The smallest absolute Gasteiger partial charge is 0.416 e. The fourth-order valence-electron chi connectivity index (χ4n) is 3.42. The number of methoxy groups -OCH3 is 2. The van der Waals surface area contributed by atoms with Crippen LogP contribution in [0.25, 0.3) is 16.9 Å². The van der Waals surface area contributed by atoms with Gasteiger partial charge in [-0.3, -0.25) is 0 Å². The van der Waals surface area contributed by atoms with Crippen LogP contribution in [-0.4, -0.2) is 30.5 Å². The SMILES string of the molecule is COc1ccc(-c2nn(-c3cc(C(F)(F)F)ccc3Cl)c3c2CCN3)cc1OC. The zero-order chi connectivity index (χ0) is 20.8. The maximum absolute atomic E-state index is 13.2. The molecule has 1 N–H and O–H groups in total. The quantitative estimate of drug-likeness (QED) is 0.627. The van der Waals surface area contributed by atoms with Gasteiger partial charge in [0.2, 0.25) is 0 Å². The molecule has 0 fully saturated rings. The Morgan fingerprint density at radius 2 is 1.83 bits per heavy atom. The van der Waals surface area contributed by atoms with Gasteiger partial charge in [0.1, 0.15) is 5.82 Å². The first kappa shape index (κ1) is 19.4. The van der Waals surface area contributed by atoms with E-state index in [1.54, 1.807) is 19.2 Å². The van der Waals surface area contributed by atoms with E-state index < -0.39 is 11.7 Å². The van der Waals surface area contributed by atoms with E-state index in [2.05, 4.69) is 10.4 Å². The van der Waals surface area contributed by atoms with Crippen molar-refractivity contribution in [2.24, 2.45) is 0 Å². The van der Waals surface area contributed by atoms with Crippen LogP contribution in [0.4, 0.5) is 19.0 Å². The van der Waals surface area contributed by atoms with Crippen molar-refractivity contribution >= 4 is 17.4 Å². The summed E-state index contributed by atoms with van der Waals surface area (Å²) in [5.41, 5.74) is 1.71. The lowest BCUT2D eigenvalue weighted by Crippen LogP contribution is -2.09. The molecule has 0 unspecified atom stereocenters. The number of hydrogen-bond donors (Lipinski definition) is 1. The van der Waals surface area contributed by atoms with Crippen molar-refractivity contribution in [1.82, 2.24) is 9.78 Å². The molecule has 0 amide bonds. The molecule has 9 heteroatoms. The van der Waals surface area contributed by atoms with E-state index in [0.717, 1.165) is 23.3 Å². The zero-order valence-corrected chi connectivity index (χ0v) is 16.4. The van der Waals surface area contributed by atoms with Gasteiger partial charge in [0, 0.05) is 17.7 Å². The Labute approximate surface area is 170 Å². The minimum atomic E-state index is -4.48. The standard InChI is InChI=1S/C20H17ClF3N3O2/c1-28-16-6-3-11(9-17(16)29-2)18-13-7-8-25-19(13)27(26-18)15-10-12(20(22,23)24)4-5-14(15)21/h3-6,9-10,25H,7-8H2,1-2H3. The minimum absolute atomic E-state index is 0.166. The number of ether oxygens (including phenoxy) is 2. The van der Waals surface area contributed by atoms with E-state index in [4.69, 9.17) is 21.1 Å². The topological polar surface area (TPSA) is 48.3 Å². The molecular weight excluding hydrogens is 407 g/mol. The van der Waals surface area contributed by atoms with Crippen molar-refractivity contribution in [3.63, 3.8) is 0 Å². The Hall–Kier alpha value is -2.87. The van der Waals surface area contributed by atoms with Crippen molar-refractivity contribution < 1.29 is 22.6 Å². The lowest BCUT2D eigenvalue weighted by molar-refractivity contribution is -0.137. The minimum Gasteiger partial charge on any atom is -0.493 e. The first-order valence-electron chi connectivity index (χ1n) is 8.78. The van der Waals surface area contributed by atoms with Gasteiger partial charge in [-0.1, -0.05) is 11.6 Å². The molecule has 0 bridgehead atoms. The molecule has 0 saturated carbocycles. The van der Waals surface area contributed by atoms with Gasteiger partial charge in [-0.25, -0.2) is 4.68 Å². The number of nitrogens with one attached hydrogen (secondary N) is 1. The molecule has 2 aromatic carbocycles.